The fraction of sp³-hybridized carbons (Fsp3) is 0.150. The molecule has 0 unspecified atom stereocenters. The van der Waals surface area contributed by atoms with Crippen molar-refractivity contribution < 1.29 is 4.42 Å². The van der Waals surface area contributed by atoms with Gasteiger partial charge in [-0.3, -0.25) is 9.36 Å². The van der Waals surface area contributed by atoms with Crippen molar-refractivity contribution >= 4 is 37.8 Å². The summed E-state index contributed by atoms with van der Waals surface area (Å²) in [4.78, 5) is 29.1. The van der Waals surface area contributed by atoms with Crippen molar-refractivity contribution in [1.29, 1.82) is 0 Å². The van der Waals surface area contributed by atoms with Gasteiger partial charge in [-0.25, -0.2) is 9.78 Å². The van der Waals surface area contributed by atoms with Crippen LogP contribution in [0.2, 0.25) is 0 Å². The fourth-order valence-electron chi connectivity index (χ4n) is 3.04. The molecular weight excluding hydrogens is 396 g/mol. The van der Waals surface area contributed by atoms with E-state index in [1.165, 1.54) is 17.0 Å². The van der Waals surface area contributed by atoms with Crippen LogP contribution >= 0.6 is 15.9 Å². The summed E-state index contributed by atoms with van der Waals surface area (Å²) in [7, 11) is 0. The topological polar surface area (TPSA) is 65.1 Å². The molecule has 4 aromatic rings. The predicted molar refractivity (Wildman–Crippen MR) is 105 cm³/mol. The molecule has 130 valence electrons. The Kier molecular flexibility index (Phi) is 4.00. The van der Waals surface area contributed by atoms with Crippen LogP contribution in [0.4, 0.5) is 0 Å². The van der Waals surface area contributed by atoms with Gasteiger partial charge in [-0.15, -0.1) is 0 Å². The first kappa shape index (κ1) is 16.7. The zero-order chi connectivity index (χ0) is 18.4. The Morgan fingerprint density at radius 3 is 2.62 bits per heavy atom. The second-order valence-corrected chi connectivity index (χ2v) is 7.28. The molecule has 0 radical (unpaired) electrons. The van der Waals surface area contributed by atoms with E-state index in [9.17, 15) is 9.59 Å². The van der Waals surface area contributed by atoms with Gasteiger partial charge in [-0.2, -0.15) is 0 Å². The lowest BCUT2D eigenvalue weighted by molar-refractivity contribution is 0.557. The van der Waals surface area contributed by atoms with Gasteiger partial charge >= 0.3 is 5.63 Å². The Bertz CT molecular complexity index is 1290. The molecule has 0 aliphatic carbocycles. The normalized spacial score (nSPS) is 11.3. The van der Waals surface area contributed by atoms with E-state index in [2.05, 4.69) is 20.9 Å². The fourth-order valence-corrected chi connectivity index (χ4v) is 3.40. The predicted octanol–water partition coefficient (Wildman–Crippen LogP) is 3.93. The molecule has 0 fully saturated rings. The summed E-state index contributed by atoms with van der Waals surface area (Å²) in [5, 5.41) is 1.36. The smallest absolute Gasteiger partial charge is 0.336 e. The van der Waals surface area contributed by atoms with Crippen molar-refractivity contribution in [3.63, 3.8) is 0 Å². The number of fused-ring (bicyclic) bond motifs is 2. The summed E-state index contributed by atoms with van der Waals surface area (Å²) in [6.45, 7) is 4.22. The van der Waals surface area contributed by atoms with Gasteiger partial charge in [0, 0.05) is 15.9 Å². The standard InChI is InChI=1S/C20H15BrN2O3/c1-11-5-15-13(7-19(24)26-18(15)6-12(11)2)9-23-10-22-17-4-3-14(21)8-16(17)20(23)25/h3-8,10H,9H2,1-2H3. The molecule has 0 saturated heterocycles. The lowest BCUT2D eigenvalue weighted by Gasteiger charge is -2.10. The van der Waals surface area contributed by atoms with Crippen molar-refractivity contribution in [2.75, 3.05) is 0 Å². The molecule has 2 aromatic carbocycles. The molecule has 0 amide bonds. The van der Waals surface area contributed by atoms with E-state index < -0.39 is 5.63 Å². The van der Waals surface area contributed by atoms with Crippen molar-refractivity contribution in [3.05, 3.63) is 84.7 Å². The van der Waals surface area contributed by atoms with Crippen molar-refractivity contribution in [2.24, 2.45) is 0 Å². The van der Waals surface area contributed by atoms with E-state index >= 15 is 0 Å². The quantitative estimate of drug-likeness (QED) is 0.469. The third-order valence-electron chi connectivity index (χ3n) is 4.57. The van der Waals surface area contributed by atoms with Gasteiger partial charge in [0.25, 0.3) is 5.56 Å². The van der Waals surface area contributed by atoms with Crippen LogP contribution in [0.25, 0.3) is 21.9 Å². The number of nitrogens with zero attached hydrogens (tertiary/aromatic N) is 2. The summed E-state index contributed by atoms with van der Waals surface area (Å²) in [6.07, 6.45) is 1.51. The number of hydrogen-bond acceptors (Lipinski definition) is 4. The lowest BCUT2D eigenvalue weighted by Crippen LogP contribution is -2.21. The van der Waals surface area contributed by atoms with Crippen LogP contribution in [0.3, 0.4) is 0 Å². The average Bonchev–Trinajstić information content (AvgIpc) is 2.59. The third kappa shape index (κ3) is 2.86. The minimum atomic E-state index is -0.430. The highest BCUT2D eigenvalue weighted by atomic mass is 79.9. The Balaban J connectivity index is 1.91. The molecule has 0 bridgehead atoms. The van der Waals surface area contributed by atoms with E-state index in [0.717, 1.165) is 26.5 Å². The molecule has 26 heavy (non-hydrogen) atoms. The molecule has 6 heteroatoms. The molecule has 0 N–H and O–H groups in total. The van der Waals surface area contributed by atoms with Crippen molar-refractivity contribution in [3.8, 4) is 0 Å². The van der Waals surface area contributed by atoms with Gasteiger partial charge in [-0.1, -0.05) is 15.9 Å². The van der Waals surface area contributed by atoms with Gasteiger partial charge in [0.1, 0.15) is 5.58 Å². The first-order valence-corrected chi connectivity index (χ1v) is 8.90. The van der Waals surface area contributed by atoms with Crippen LogP contribution in [0, 0.1) is 13.8 Å². The molecule has 2 heterocycles. The van der Waals surface area contributed by atoms with Crippen LogP contribution < -0.4 is 11.2 Å². The monoisotopic (exact) mass is 410 g/mol. The molecule has 0 spiro atoms. The second-order valence-electron chi connectivity index (χ2n) is 6.36. The molecule has 0 atom stereocenters. The largest absolute Gasteiger partial charge is 0.423 e. The van der Waals surface area contributed by atoms with Crippen LogP contribution in [0.1, 0.15) is 16.7 Å². The summed E-state index contributed by atoms with van der Waals surface area (Å²) in [6, 6.07) is 10.7. The van der Waals surface area contributed by atoms with E-state index in [1.807, 2.05) is 32.0 Å². The van der Waals surface area contributed by atoms with Gasteiger partial charge in [0.05, 0.1) is 23.8 Å². The first-order chi connectivity index (χ1) is 12.4. The van der Waals surface area contributed by atoms with Gasteiger partial charge in [0.15, 0.2) is 0 Å². The molecule has 0 aliphatic rings. The Hall–Kier alpha value is -2.73. The highest BCUT2D eigenvalue weighted by Crippen LogP contribution is 2.22. The Morgan fingerprint density at radius 1 is 1.04 bits per heavy atom. The maximum absolute atomic E-state index is 12.8. The van der Waals surface area contributed by atoms with Crippen LogP contribution in [0.5, 0.6) is 0 Å². The number of aromatic nitrogens is 2. The minimum Gasteiger partial charge on any atom is -0.423 e. The van der Waals surface area contributed by atoms with Crippen molar-refractivity contribution in [2.45, 2.75) is 20.4 Å². The number of rotatable bonds is 2. The number of halogens is 1. The van der Waals surface area contributed by atoms with E-state index in [1.54, 1.807) is 12.1 Å². The van der Waals surface area contributed by atoms with E-state index in [-0.39, 0.29) is 12.1 Å². The first-order valence-electron chi connectivity index (χ1n) is 8.11. The van der Waals surface area contributed by atoms with Crippen LogP contribution in [-0.4, -0.2) is 9.55 Å². The summed E-state index contributed by atoms with van der Waals surface area (Å²) in [5.74, 6) is 0. The molecule has 4 rings (SSSR count). The molecule has 2 aromatic heterocycles. The summed E-state index contributed by atoms with van der Waals surface area (Å²) >= 11 is 3.39. The molecule has 0 aliphatic heterocycles. The zero-order valence-corrected chi connectivity index (χ0v) is 15.8. The molecule has 5 nitrogen and oxygen atoms in total. The Morgan fingerprint density at radius 2 is 1.81 bits per heavy atom. The van der Waals surface area contributed by atoms with Crippen molar-refractivity contribution in [1.82, 2.24) is 9.55 Å². The zero-order valence-electron chi connectivity index (χ0n) is 14.2. The number of hydrogen-bond donors (Lipinski definition) is 0. The maximum Gasteiger partial charge on any atom is 0.336 e. The van der Waals surface area contributed by atoms with Gasteiger partial charge in [0.2, 0.25) is 0 Å². The second kappa shape index (κ2) is 6.21. The van der Waals surface area contributed by atoms with E-state index in [4.69, 9.17) is 4.42 Å². The van der Waals surface area contributed by atoms with E-state index in [0.29, 0.717) is 16.5 Å². The SMILES string of the molecule is Cc1cc2oc(=O)cc(Cn3cnc4ccc(Br)cc4c3=O)c2cc1C. The van der Waals surface area contributed by atoms with Crippen LogP contribution in [-0.2, 0) is 6.54 Å². The maximum atomic E-state index is 12.8. The van der Waals surface area contributed by atoms with Gasteiger partial charge in [-0.05, 0) is 60.9 Å². The average molecular weight is 411 g/mol. The third-order valence-corrected chi connectivity index (χ3v) is 5.06. The molecular formula is C20H15BrN2O3. The van der Waals surface area contributed by atoms with Gasteiger partial charge < -0.3 is 4.42 Å². The van der Waals surface area contributed by atoms with Crippen LogP contribution in [0.15, 0.2) is 61.2 Å². The summed E-state index contributed by atoms with van der Waals surface area (Å²) < 4.78 is 7.66. The number of benzene rings is 2. The summed E-state index contributed by atoms with van der Waals surface area (Å²) in [5.41, 5.74) is 3.46. The highest BCUT2D eigenvalue weighted by Gasteiger charge is 2.11. The Labute approximate surface area is 157 Å². The molecule has 0 saturated carbocycles. The number of aryl methyl sites for hydroxylation is 2. The highest BCUT2D eigenvalue weighted by molar-refractivity contribution is 9.10. The lowest BCUT2D eigenvalue weighted by atomic mass is 10.0. The minimum absolute atomic E-state index is 0.151.